The predicted molar refractivity (Wildman–Crippen MR) is 66.3 cm³/mol. The average molecular weight is 251 g/mol. The quantitative estimate of drug-likeness (QED) is 0.814. The van der Waals surface area contributed by atoms with Crippen molar-refractivity contribution >= 4 is 5.91 Å². The highest BCUT2D eigenvalue weighted by Gasteiger charge is 2.22. The van der Waals surface area contributed by atoms with Gasteiger partial charge in [-0.3, -0.25) is 4.79 Å². The summed E-state index contributed by atoms with van der Waals surface area (Å²) in [5.74, 6) is 0.196. The number of halogens is 1. The van der Waals surface area contributed by atoms with Gasteiger partial charge in [-0.2, -0.15) is 0 Å². The first kappa shape index (κ1) is 13.0. The summed E-state index contributed by atoms with van der Waals surface area (Å²) in [4.78, 5) is 11.5. The zero-order valence-electron chi connectivity index (χ0n) is 10.2. The minimum Gasteiger partial charge on any atom is -0.386 e. The molecule has 0 bridgehead atoms. The Hall–Kier alpha value is -1.42. The van der Waals surface area contributed by atoms with Gasteiger partial charge in [-0.25, -0.2) is 4.39 Å². The van der Waals surface area contributed by atoms with Crippen molar-refractivity contribution in [1.82, 2.24) is 5.32 Å². The van der Waals surface area contributed by atoms with Crippen molar-refractivity contribution < 1.29 is 14.3 Å². The molecule has 2 rings (SSSR count). The second-order valence-electron chi connectivity index (χ2n) is 4.82. The Balaban J connectivity index is 1.75. The van der Waals surface area contributed by atoms with Gasteiger partial charge in [0.1, 0.15) is 5.82 Å². The first-order valence-corrected chi connectivity index (χ1v) is 6.36. The zero-order valence-corrected chi connectivity index (χ0v) is 10.2. The summed E-state index contributed by atoms with van der Waals surface area (Å²) in [6.45, 7) is 0.0600. The number of benzene rings is 1. The topological polar surface area (TPSA) is 49.3 Å². The average Bonchev–Trinajstić information content (AvgIpc) is 3.18. The van der Waals surface area contributed by atoms with Crippen molar-refractivity contribution in [3.8, 4) is 0 Å². The highest BCUT2D eigenvalue weighted by Crippen LogP contribution is 2.33. The Morgan fingerprint density at radius 2 is 2.17 bits per heavy atom. The monoisotopic (exact) mass is 251 g/mol. The molecular weight excluding hydrogens is 233 g/mol. The van der Waals surface area contributed by atoms with E-state index in [1.54, 1.807) is 12.1 Å². The second-order valence-corrected chi connectivity index (χ2v) is 4.82. The third-order valence-corrected chi connectivity index (χ3v) is 3.23. The molecule has 0 saturated heterocycles. The lowest BCUT2D eigenvalue weighted by Gasteiger charge is -2.12. The van der Waals surface area contributed by atoms with Crippen LogP contribution in [0.3, 0.4) is 0 Å². The van der Waals surface area contributed by atoms with Crippen LogP contribution in [0.15, 0.2) is 24.3 Å². The normalized spacial score (nSPS) is 16.3. The van der Waals surface area contributed by atoms with Crippen molar-refractivity contribution in [3.63, 3.8) is 0 Å². The Morgan fingerprint density at radius 3 is 2.83 bits per heavy atom. The number of nitrogens with one attached hydrogen (secondary N) is 1. The SMILES string of the molecule is O=C(CCC1CC1)NCC(O)c1ccccc1F. The van der Waals surface area contributed by atoms with Crippen molar-refractivity contribution in [2.45, 2.75) is 31.8 Å². The highest BCUT2D eigenvalue weighted by molar-refractivity contribution is 5.75. The Kier molecular flexibility index (Phi) is 4.31. The predicted octanol–water partition coefficient (Wildman–Crippen LogP) is 2.17. The maximum Gasteiger partial charge on any atom is 0.220 e. The molecule has 3 nitrogen and oxygen atoms in total. The van der Waals surface area contributed by atoms with Gasteiger partial charge in [-0.15, -0.1) is 0 Å². The second kappa shape index (κ2) is 5.96. The first-order valence-electron chi connectivity index (χ1n) is 6.36. The molecule has 1 aliphatic carbocycles. The van der Waals surface area contributed by atoms with Gasteiger partial charge in [0.15, 0.2) is 0 Å². The smallest absolute Gasteiger partial charge is 0.220 e. The van der Waals surface area contributed by atoms with Crippen LogP contribution < -0.4 is 5.32 Å². The van der Waals surface area contributed by atoms with Crippen LogP contribution in [0.4, 0.5) is 4.39 Å². The van der Waals surface area contributed by atoms with Crippen LogP contribution in [0.25, 0.3) is 0 Å². The minimum absolute atomic E-state index is 0.0600. The number of carbonyl (C=O) groups excluding carboxylic acids is 1. The van der Waals surface area contributed by atoms with Crippen LogP contribution in [0, 0.1) is 11.7 Å². The van der Waals surface area contributed by atoms with Crippen molar-refractivity contribution in [2.24, 2.45) is 5.92 Å². The molecule has 0 aliphatic heterocycles. The van der Waals surface area contributed by atoms with Crippen LogP contribution >= 0.6 is 0 Å². The third-order valence-electron chi connectivity index (χ3n) is 3.23. The summed E-state index contributed by atoms with van der Waals surface area (Å²) < 4.78 is 13.4. The van der Waals surface area contributed by atoms with E-state index >= 15 is 0 Å². The number of aliphatic hydroxyl groups is 1. The van der Waals surface area contributed by atoms with Gasteiger partial charge in [0.25, 0.3) is 0 Å². The molecular formula is C14H18FNO2. The molecule has 0 aromatic heterocycles. The molecule has 1 unspecified atom stereocenters. The molecule has 1 aliphatic rings. The number of hydrogen-bond acceptors (Lipinski definition) is 2. The lowest BCUT2D eigenvalue weighted by molar-refractivity contribution is -0.121. The van der Waals surface area contributed by atoms with Crippen LogP contribution in [-0.2, 0) is 4.79 Å². The van der Waals surface area contributed by atoms with Gasteiger partial charge in [-0.1, -0.05) is 31.0 Å². The molecule has 1 aromatic rings. The molecule has 1 aromatic carbocycles. The van der Waals surface area contributed by atoms with E-state index in [0.717, 1.165) is 6.42 Å². The largest absolute Gasteiger partial charge is 0.386 e. The fraction of sp³-hybridized carbons (Fsp3) is 0.500. The molecule has 4 heteroatoms. The van der Waals surface area contributed by atoms with Crippen LogP contribution in [0.1, 0.15) is 37.4 Å². The molecule has 1 atom stereocenters. The molecule has 1 amide bonds. The highest BCUT2D eigenvalue weighted by atomic mass is 19.1. The summed E-state index contributed by atoms with van der Waals surface area (Å²) in [5, 5.41) is 12.4. The van der Waals surface area contributed by atoms with Gasteiger partial charge < -0.3 is 10.4 Å². The van der Waals surface area contributed by atoms with E-state index in [1.165, 1.54) is 25.0 Å². The number of amides is 1. The fourth-order valence-electron chi connectivity index (χ4n) is 1.90. The Labute approximate surface area is 106 Å². The Bertz CT molecular complexity index is 418. The van der Waals surface area contributed by atoms with Gasteiger partial charge in [0.05, 0.1) is 6.10 Å². The molecule has 1 fully saturated rings. The van der Waals surface area contributed by atoms with Crippen molar-refractivity contribution in [2.75, 3.05) is 6.54 Å². The van der Waals surface area contributed by atoms with Gasteiger partial charge in [-0.05, 0) is 18.4 Å². The van der Waals surface area contributed by atoms with Gasteiger partial charge >= 0.3 is 0 Å². The van der Waals surface area contributed by atoms with E-state index in [-0.39, 0.29) is 18.0 Å². The van der Waals surface area contributed by atoms with E-state index in [4.69, 9.17) is 0 Å². The van der Waals surface area contributed by atoms with Gasteiger partial charge in [0, 0.05) is 18.5 Å². The van der Waals surface area contributed by atoms with E-state index in [1.807, 2.05) is 0 Å². The molecule has 2 N–H and O–H groups in total. The Morgan fingerprint density at radius 1 is 1.44 bits per heavy atom. The van der Waals surface area contributed by atoms with E-state index in [2.05, 4.69) is 5.32 Å². The van der Waals surface area contributed by atoms with Crippen molar-refractivity contribution in [1.29, 1.82) is 0 Å². The lowest BCUT2D eigenvalue weighted by atomic mass is 10.1. The van der Waals surface area contributed by atoms with Gasteiger partial charge in [0.2, 0.25) is 5.91 Å². The minimum atomic E-state index is -0.990. The van der Waals surface area contributed by atoms with Crippen LogP contribution in [0.5, 0.6) is 0 Å². The maximum atomic E-state index is 13.4. The van der Waals surface area contributed by atoms with Crippen molar-refractivity contribution in [3.05, 3.63) is 35.6 Å². The summed E-state index contributed by atoms with van der Waals surface area (Å²) >= 11 is 0. The first-order chi connectivity index (χ1) is 8.66. The van der Waals surface area contributed by atoms with Crippen LogP contribution in [0.2, 0.25) is 0 Å². The van der Waals surface area contributed by atoms with E-state index in [9.17, 15) is 14.3 Å². The molecule has 18 heavy (non-hydrogen) atoms. The molecule has 0 radical (unpaired) electrons. The molecule has 98 valence electrons. The van der Waals surface area contributed by atoms with E-state index < -0.39 is 11.9 Å². The number of aliphatic hydroxyl groups excluding tert-OH is 1. The molecule has 0 heterocycles. The number of hydrogen-bond donors (Lipinski definition) is 2. The number of carbonyl (C=O) groups is 1. The summed E-state index contributed by atoms with van der Waals surface area (Å²) in [6.07, 6.45) is 2.88. The summed E-state index contributed by atoms with van der Waals surface area (Å²) in [7, 11) is 0. The summed E-state index contributed by atoms with van der Waals surface area (Å²) in [5.41, 5.74) is 0.222. The fourth-order valence-corrected chi connectivity index (χ4v) is 1.90. The standard InChI is InChI=1S/C14H18FNO2/c15-12-4-2-1-3-11(12)13(17)9-16-14(18)8-7-10-5-6-10/h1-4,10,13,17H,5-9H2,(H,16,18). The maximum absolute atomic E-state index is 13.4. The number of rotatable bonds is 6. The molecule has 0 spiro atoms. The third kappa shape index (κ3) is 3.81. The van der Waals surface area contributed by atoms with E-state index in [0.29, 0.717) is 12.3 Å². The zero-order chi connectivity index (χ0) is 13.0. The summed E-state index contributed by atoms with van der Waals surface area (Å²) in [6, 6.07) is 6.06. The molecule has 1 saturated carbocycles. The lowest BCUT2D eigenvalue weighted by Crippen LogP contribution is -2.28. The van der Waals surface area contributed by atoms with Crippen LogP contribution in [-0.4, -0.2) is 17.6 Å².